The van der Waals surface area contributed by atoms with Crippen molar-refractivity contribution in [3.63, 3.8) is 0 Å². The van der Waals surface area contributed by atoms with Crippen molar-refractivity contribution in [2.24, 2.45) is 0 Å². The number of halogens is 4. The number of hydrogen-bond donors (Lipinski definition) is 0. The van der Waals surface area contributed by atoms with Crippen LogP contribution >= 0.6 is 50.9 Å². The lowest BCUT2D eigenvalue weighted by atomic mass is 10.1. The van der Waals surface area contributed by atoms with Crippen LogP contribution in [0.15, 0.2) is 70.0 Å². The molecule has 0 atom stereocenters. The van der Waals surface area contributed by atoms with E-state index in [1.165, 1.54) is 12.1 Å². The average Bonchev–Trinajstić information content (AvgIpc) is 3.03. The van der Waals surface area contributed by atoms with Gasteiger partial charge in [0.05, 0.1) is 11.4 Å². The average molecular weight is 567 g/mol. The topological polar surface area (TPSA) is 46.6 Å². The molecule has 33 heavy (non-hydrogen) atoms. The van der Waals surface area contributed by atoms with Gasteiger partial charge in [-0.1, -0.05) is 57.3 Å². The van der Waals surface area contributed by atoms with E-state index >= 15 is 0 Å². The molecule has 4 rings (SSSR count). The predicted molar refractivity (Wildman–Crippen MR) is 133 cm³/mol. The monoisotopic (exact) mass is 565 g/mol. The summed E-state index contributed by atoms with van der Waals surface area (Å²) >= 11 is 16.5. The lowest BCUT2D eigenvalue weighted by molar-refractivity contribution is -0.123. The van der Waals surface area contributed by atoms with Gasteiger partial charge in [0.25, 0.3) is 11.1 Å². The van der Waals surface area contributed by atoms with Gasteiger partial charge in [-0.3, -0.25) is 14.5 Å². The fraction of sp³-hybridized carbons (Fsp3) is 0.0833. The summed E-state index contributed by atoms with van der Waals surface area (Å²) in [6, 6.07) is 16.2. The Morgan fingerprint density at radius 3 is 2.52 bits per heavy atom. The normalized spacial score (nSPS) is 14.9. The largest absolute Gasteiger partial charge is 0.488 e. The number of thioether (sulfide) groups is 1. The molecule has 3 aromatic rings. The molecule has 0 unspecified atom stereocenters. The number of imide groups is 1. The van der Waals surface area contributed by atoms with Crippen molar-refractivity contribution in [2.75, 3.05) is 0 Å². The molecule has 0 aliphatic carbocycles. The summed E-state index contributed by atoms with van der Waals surface area (Å²) in [6.07, 6.45) is 1.62. The summed E-state index contributed by atoms with van der Waals surface area (Å²) in [7, 11) is 0. The summed E-state index contributed by atoms with van der Waals surface area (Å²) in [4.78, 5) is 26.8. The van der Waals surface area contributed by atoms with Crippen LogP contribution in [0.25, 0.3) is 6.08 Å². The van der Waals surface area contributed by atoms with E-state index in [0.717, 1.165) is 26.7 Å². The first-order chi connectivity index (χ1) is 15.8. The van der Waals surface area contributed by atoms with Crippen molar-refractivity contribution < 1.29 is 18.7 Å². The molecule has 4 nitrogen and oxygen atoms in total. The van der Waals surface area contributed by atoms with Crippen LogP contribution < -0.4 is 4.74 Å². The lowest BCUT2D eigenvalue weighted by Crippen LogP contribution is -2.27. The molecule has 0 radical (unpaired) electrons. The Labute approximate surface area is 212 Å². The van der Waals surface area contributed by atoms with Gasteiger partial charge in [-0.05, 0) is 65.9 Å². The van der Waals surface area contributed by atoms with Gasteiger partial charge in [0.1, 0.15) is 18.2 Å². The number of hydrogen-bond acceptors (Lipinski definition) is 4. The molecule has 0 N–H and O–H groups in total. The second-order valence-electron chi connectivity index (χ2n) is 7.10. The van der Waals surface area contributed by atoms with Crippen molar-refractivity contribution in [1.29, 1.82) is 0 Å². The minimum absolute atomic E-state index is 0.0686. The van der Waals surface area contributed by atoms with E-state index in [-0.39, 0.29) is 29.1 Å². The fourth-order valence-corrected chi connectivity index (χ4v) is 4.78. The minimum Gasteiger partial charge on any atom is -0.488 e. The highest BCUT2D eigenvalue weighted by atomic mass is 79.9. The summed E-state index contributed by atoms with van der Waals surface area (Å²) in [6.45, 7) is 0.268. The molecule has 2 amide bonds. The maximum absolute atomic E-state index is 13.1. The number of ether oxygens (including phenoxy) is 1. The molecule has 0 aromatic heterocycles. The van der Waals surface area contributed by atoms with Gasteiger partial charge in [0, 0.05) is 25.6 Å². The third-order valence-electron chi connectivity index (χ3n) is 4.78. The van der Waals surface area contributed by atoms with Crippen LogP contribution in [0.5, 0.6) is 5.75 Å². The van der Waals surface area contributed by atoms with Crippen molar-refractivity contribution in [3.05, 3.63) is 103 Å². The van der Waals surface area contributed by atoms with E-state index in [4.69, 9.17) is 27.9 Å². The molecule has 168 valence electrons. The fourth-order valence-electron chi connectivity index (χ4n) is 3.11. The summed E-state index contributed by atoms with van der Waals surface area (Å²) in [5, 5.41) is 0.633. The van der Waals surface area contributed by atoms with Crippen molar-refractivity contribution in [2.45, 2.75) is 13.2 Å². The molecule has 1 fully saturated rings. The maximum Gasteiger partial charge on any atom is 0.293 e. The highest BCUT2D eigenvalue weighted by Crippen LogP contribution is 2.36. The lowest BCUT2D eigenvalue weighted by Gasteiger charge is -2.13. The Bertz CT molecular complexity index is 1270. The van der Waals surface area contributed by atoms with Gasteiger partial charge in [-0.2, -0.15) is 0 Å². The van der Waals surface area contributed by atoms with E-state index in [2.05, 4.69) is 15.9 Å². The Morgan fingerprint density at radius 2 is 1.79 bits per heavy atom. The first-order valence-electron chi connectivity index (χ1n) is 9.66. The smallest absolute Gasteiger partial charge is 0.293 e. The molecule has 9 heteroatoms. The minimum atomic E-state index is -0.416. The highest BCUT2D eigenvalue weighted by Gasteiger charge is 2.35. The van der Waals surface area contributed by atoms with Crippen LogP contribution in [0.1, 0.15) is 16.7 Å². The molecule has 0 bridgehead atoms. The molecule has 0 saturated carbocycles. The van der Waals surface area contributed by atoms with Gasteiger partial charge in [0.2, 0.25) is 0 Å². The third-order valence-corrected chi connectivity index (χ3v) is 6.77. The number of amides is 2. The molecule has 1 saturated heterocycles. The van der Waals surface area contributed by atoms with Gasteiger partial charge in [0.15, 0.2) is 0 Å². The van der Waals surface area contributed by atoms with Crippen LogP contribution in [0, 0.1) is 5.82 Å². The molecule has 1 heterocycles. The maximum atomic E-state index is 13.1. The number of nitrogens with zero attached hydrogens (tertiary/aromatic N) is 1. The van der Waals surface area contributed by atoms with Crippen LogP contribution in [0.2, 0.25) is 10.0 Å². The zero-order valence-electron chi connectivity index (χ0n) is 16.9. The first-order valence-corrected chi connectivity index (χ1v) is 12.0. The number of carbonyl (C=O) groups is 2. The van der Waals surface area contributed by atoms with Crippen molar-refractivity contribution >= 4 is 68.1 Å². The number of benzene rings is 3. The van der Waals surface area contributed by atoms with Gasteiger partial charge in [-0.15, -0.1) is 0 Å². The van der Waals surface area contributed by atoms with Crippen LogP contribution in [0.4, 0.5) is 9.18 Å². The summed E-state index contributed by atoms with van der Waals surface area (Å²) in [5.74, 6) is -0.273. The Balaban J connectivity index is 1.55. The summed E-state index contributed by atoms with van der Waals surface area (Å²) in [5.41, 5.74) is 2.04. The molecular weight excluding hydrogens is 552 g/mol. The van der Waals surface area contributed by atoms with Crippen LogP contribution in [-0.4, -0.2) is 16.0 Å². The van der Waals surface area contributed by atoms with E-state index < -0.39 is 5.91 Å². The Morgan fingerprint density at radius 1 is 1.03 bits per heavy atom. The Hall–Kier alpha value is -2.32. The van der Waals surface area contributed by atoms with E-state index in [1.807, 2.05) is 6.07 Å². The molecule has 0 spiro atoms. The molecule has 1 aliphatic heterocycles. The highest BCUT2D eigenvalue weighted by molar-refractivity contribution is 9.10. The number of rotatable bonds is 6. The Kier molecular flexibility index (Phi) is 7.44. The number of carbonyl (C=O) groups excluding carboxylic acids is 2. The van der Waals surface area contributed by atoms with Crippen molar-refractivity contribution in [3.8, 4) is 5.75 Å². The van der Waals surface area contributed by atoms with Crippen molar-refractivity contribution in [1.82, 2.24) is 4.90 Å². The third kappa shape index (κ3) is 5.79. The van der Waals surface area contributed by atoms with Gasteiger partial charge >= 0.3 is 0 Å². The zero-order chi connectivity index (χ0) is 23.5. The molecular formula is C24H15BrCl2FNO3S. The van der Waals surface area contributed by atoms with E-state index in [1.54, 1.807) is 48.5 Å². The van der Waals surface area contributed by atoms with Crippen LogP contribution in [-0.2, 0) is 17.9 Å². The SMILES string of the molecule is O=C1SC(=Cc2cc(Br)ccc2OCc2ccc(Cl)cc2Cl)C(=O)N1Cc1ccc(F)cc1. The van der Waals surface area contributed by atoms with E-state index in [9.17, 15) is 14.0 Å². The second-order valence-corrected chi connectivity index (χ2v) is 9.85. The summed E-state index contributed by atoms with van der Waals surface area (Å²) < 4.78 is 19.9. The van der Waals surface area contributed by atoms with E-state index in [0.29, 0.717) is 26.9 Å². The molecule has 1 aliphatic rings. The molecule has 3 aromatic carbocycles. The zero-order valence-corrected chi connectivity index (χ0v) is 20.8. The second kappa shape index (κ2) is 10.3. The van der Waals surface area contributed by atoms with Crippen LogP contribution in [0.3, 0.4) is 0 Å². The van der Waals surface area contributed by atoms with Gasteiger partial charge in [-0.25, -0.2) is 4.39 Å². The predicted octanol–water partition coefficient (Wildman–Crippen LogP) is 7.71. The first kappa shape index (κ1) is 23.8. The van der Waals surface area contributed by atoms with Gasteiger partial charge < -0.3 is 4.74 Å². The standard InChI is InChI=1S/C24H15BrCl2FNO3S/c25-17-4-8-21(32-13-15-3-5-18(26)11-20(15)27)16(9-17)10-22-23(30)29(24(31)33-22)12-14-1-6-19(28)7-2-14/h1-11H,12-13H2. The quantitative estimate of drug-likeness (QED) is 0.287.